The van der Waals surface area contributed by atoms with Crippen molar-refractivity contribution in [2.24, 2.45) is 11.8 Å². The van der Waals surface area contributed by atoms with Crippen LogP contribution in [0.1, 0.15) is 70.9 Å². The number of hydrogen-bond acceptors (Lipinski definition) is 7. The summed E-state index contributed by atoms with van der Waals surface area (Å²) in [6.07, 6.45) is 0.691. The molecule has 0 spiro atoms. The molecule has 2 unspecified atom stereocenters. The lowest BCUT2D eigenvalue weighted by Gasteiger charge is -2.31. The van der Waals surface area contributed by atoms with Crippen LogP contribution in [0, 0.1) is 11.8 Å². The number of urea groups is 1. The van der Waals surface area contributed by atoms with Gasteiger partial charge in [0.1, 0.15) is 17.7 Å². The number of methoxy groups -OCH3 is 1. The van der Waals surface area contributed by atoms with Crippen LogP contribution in [0.25, 0.3) is 11.0 Å². The lowest BCUT2D eigenvalue weighted by atomic mass is 10.0. The van der Waals surface area contributed by atoms with Gasteiger partial charge < -0.3 is 35.1 Å². The summed E-state index contributed by atoms with van der Waals surface area (Å²) < 4.78 is 10.5. The zero-order chi connectivity index (χ0) is 30.3. The van der Waals surface area contributed by atoms with Gasteiger partial charge in [-0.25, -0.2) is 9.59 Å². The smallest absolute Gasteiger partial charge is 0.328 e. The number of rotatable bonds is 10. The Labute approximate surface area is 241 Å². The van der Waals surface area contributed by atoms with Crippen molar-refractivity contribution in [1.29, 1.82) is 0 Å². The van der Waals surface area contributed by atoms with Gasteiger partial charge in [-0.15, -0.1) is 0 Å². The van der Waals surface area contributed by atoms with Gasteiger partial charge >= 0.3 is 12.0 Å². The number of ether oxygens (including phenoxy) is 1. The van der Waals surface area contributed by atoms with E-state index in [0.717, 1.165) is 5.39 Å². The number of β-amino-alcohol motifs (C(OH)–C–C–N with tert-alkyl or cyclic N) is 1. The van der Waals surface area contributed by atoms with E-state index in [0.29, 0.717) is 31.3 Å². The second-order valence-corrected chi connectivity index (χ2v) is 11.7. The maximum atomic E-state index is 13.4. The topological polar surface area (TPSA) is 150 Å². The molecule has 3 rings (SSSR count). The number of carbonyl (C=O) groups is 4. The second kappa shape index (κ2) is 14.3. The van der Waals surface area contributed by atoms with Crippen molar-refractivity contribution in [3.8, 4) is 0 Å². The number of esters is 1. The number of aliphatic hydroxyl groups excluding tert-OH is 1. The molecule has 1 aliphatic rings. The molecule has 0 radical (unpaired) electrons. The first-order chi connectivity index (χ1) is 19.4. The Kier molecular flexibility index (Phi) is 11.2. The predicted molar refractivity (Wildman–Crippen MR) is 154 cm³/mol. The van der Waals surface area contributed by atoms with Gasteiger partial charge in [-0.1, -0.05) is 45.9 Å². The van der Waals surface area contributed by atoms with Crippen LogP contribution in [0.3, 0.4) is 0 Å². The summed E-state index contributed by atoms with van der Waals surface area (Å²) in [7, 11) is 1.28. The molecule has 1 aromatic carbocycles. The Morgan fingerprint density at radius 3 is 2.32 bits per heavy atom. The molecule has 0 saturated carbocycles. The third-order valence-corrected chi connectivity index (χ3v) is 7.33. The SMILES string of the molecule is COC(=O)C(CC(C)C)NC(=O)N1C[C@H](O)[C@@H](NC(=O)C(CC(C)C)NC(=O)c2cc3ccccc3o2)CC[C@H]1C. The van der Waals surface area contributed by atoms with Gasteiger partial charge in [0, 0.05) is 11.4 Å². The normalized spacial score (nSPS) is 20.8. The van der Waals surface area contributed by atoms with Gasteiger partial charge in [-0.3, -0.25) is 9.59 Å². The molecule has 4 N–H and O–H groups in total. The lowest BCUT2D eigenvalue weighted by Crippen LogP contribution is -2.55. The summed E-state index contributed by atoms with van der Waals surface area (Å²) in [6.45, 7) is 9.62. The molecule has 11 heteroatoms. The van der Waals surface area contributed by atoms with Gasteiger partial charge in [0.25, 0.3) is 5.91 Å². The van der Waals surface area contributed by atoms with Crippen LogP contribution in [-0.4, -0.2) is 77.7 Å². The van der Waals surface area contributed by atoms with Crippen molar-refractivity contribution in [1.82, 2.24) is 20.9 Å². The molecule has 226 valence electrons. The maximum absolute atomic E-state index is 13.4. The number of likely N-dealkylation sites (tertiary alicyclic amines) is 1. The van der Waals surface area contributed by atoms with Crippen LogP contribution in [0.15, 0.2) is 34.7 Å². The van der Waals surface area contributed by atoms with Crippen LogP contribution in [0.2, 0.25) is 0 Å². The zero-order valence-electron chi connectivity index (χ0n) is 24.8. The van der Waals surface area contributed by atoms with Crippen LogP contribution in [0.5, 0.6) is 0 Å². The molecule has 41 heavy (non-hydrogen) atoms. The molecule has 1 aliphatic heterocycles. The number of amides is 4. The Bertz CT molecular complexity index is 1180. The fourth-order valence-electron chi connectivity index (χ4n) is 5.10. The van der Waals surface area contributed by atoms with Crippen molar-refractivity contribution in [2.45, 2.75) is 90.6 Å². The number of fused-ring (bicyclic) bond motifs is 1. The van der Waals surface area contributed by atoms with E-state index >= 15 is 0 Å². The molecule has 1 saturated heterocycles. The number of benzene rings is 1. The fourth-order valence-corrected chi connectivity index (χ4v) is 5.10. The summed E-state index contributed by atoms with van der Waals surface area (Å²) in [4.78, 5) is 53.2. The molecule has 11 nitrogen and oxygen atoms in total. The minimum atomic E-state index is -1.05. The molecule has 1 aromatic heterocycles. The number of furan rings is 1. The summed E-state index contributed by atoms with van der Waals surface area (Å²) in [6, 6.07) is 5.90. The predicted octanol–water partition coefficient (Wildman–Crippen LogP) is 3.20. The molecular weight excluding hydrogens is 528 g/mol. The lowest BCUT2D eigenvalue weighted by molar-refractivity contribution is -0.143. The molecule has 0 aliphatic carbocycles. The van der Waals surface area contributed by atoms with E-state index < -0.39 is 48.0 Å². The maximum Gasteiger partial charge on any atom is 0.328 e. The third-order valence-electron chi connectivity index (χ3n) is 7.33. The number of carbonyl (C=O) groups excluding carboxylic acids is 4. The quantitative estimate of drug-likeness (QED) is 0.319. The summed E-state index contributed by atoms with van der Waals surface area (Å²) in [5, 5.41) is 20.3. The highest BCUT2D eigenvalue weighted by Gasteiger charge is 2.36. The first-order valence-corrected chi connectivity index (χ1v) is 14.3. The van der Waals surface area contributed by atoms with E-state index in [2.05, 4.69) is 16.0 Å². The van der Waals surface area contributed by atoms with E-state index in [1.165, 1.54) is 12.0 Å². The fraction of sp³-hybridized carbons (Fsp3) is 0.600. The van der Waals surface area contributed by atoms with E-state index in [-0.39, 0.29) is 30.2 Å². The summed E-state index contributed by atoms with van der Waals surface area (Å²) in [5.41, 5.74) is 0.578. The second-order valence-electron chi connectivity index (χ2n) is 11.7. The largest absolute Gasteiger partial charge is 0.467 e. The van der Waals surface area contributed by atoms with Crippen molar-refractivity contribution in [2.75, 3.05) is 13.7 Å². The first kappa shape index (κ1) is 31.9. The van der Waals surface area contributed by atoms with E-state index in [1.807, 2.05) is 52.8 Å². The minimum Gasteiger partial charge on any atom is -0.467 e. The van der Waals surface area contributed by atoms with Gasteiger partial charge in [0.05, 0.1) is 25.8 Å². The number of para-hydroxylation sites is 1. The molecule has 0 bridgehead atoms. The highest BCUT2D eigenvalue weighted by Crippen LogP contribution is 2.21. The highest BCUT2D eigenvalue weighted by molar-refractivity contribution is 5.98. The number of hydrogen-bond donors (Lipinski definition) is 4. The van der Waals surface area contributed by atoms with E-state index in [4.69, 9.17) is 9.15 Å². The number of aliphatic hydroxyl groups is 1. The Hall–Kier alpha value is -3.60. The van der Waals surface area contributed by atoms with Crippen LogP contribution in [-0.2, 0) is 14.3 Å². The van der Waals surface area contributed by atoms with Crippen molar-refractivity contribution < 1.29 is 33.4 Å². The first-order valence-electron chi connectivity index (χ1n) is 14.3. The Balaban J connectivity index is 1.67. The van der Waals surface area contributed by atoms with E-state index in [1.54, 1.807) is 12.1 Å². The van der Waals surface area contributed by atoms with Gasteiger partial charge in [-0.05, 0) is 56.6 Å². The van der Waals surface area contributed by atoms with Crippen molar-refractivity contribution >= 4 is 34.8 Å². The molecule has 5 atom stereocenters. The molecular formula is C30H44N4O7. The van der Waals surface area contributed by atoms with Crippen molar-refractivity contribution in [3.63, 3.8) is 0 Å². The molecule has 2 aromatic rings. The zero-order valence-corrected chi connectivity index (χ0v) is 24.8. The molecule has 1 fully saturated rings. The molecule has 2 heterocycles. The van der Waals surface area contributed by atoms with Crippen LogP contribution < -0.4 is 16.0 Å². The summed E-state index contributed by atoms with van der Waals surface area (Å²) >= 11 is 0. The Morgan fingerprint density at radius 1 is 1.02 bits per heavy atom. The molecule has 4 amide bonds. The number of nitrogens with one attached hydrogen (secondary N) is 3. The Morgan fingerprint density at radius 2 is 1.68 bits per heavy atom. The standard InChI is InChI=1S/C30H44N4O7/c1-17(2)13-22(32-28(37)26-15-20-9-7-8-10-25(20)41-26)27(36)31-21-12-11-19(5)34(16-24(21)35)30(39)33-23(14-18(3)4)29(38)40-6/h7-10,15,17-19,21-24,35H,11-14,16H2,1-6H3,(H,31,36)(H,32,37)(H,33,39)/t19-,21+,22?,23?,24+/m1/s1. The average molecular weight is 573 g/mol. The van der Waals surface area contributed by atoms with Gasteiger partial charge in [0.2, 0.25) is 5.91 Å². The summed E-state index contributed by atoms with van der Waals surface area (Å²) in [5.74, 6) is -1.07. The minimum absolute atomic E-state index is 0.0340. The highest BCUT2D eigenvalue weighted by atomic mass is 16.5. The van der Waals surface area contributed by atoms with Gasteiger partial charge in [0.15, 0.2) is 5.76 Å². The van der Waals surface area contributed by atoms with Crippen LogP contribution >= 0.6 is 0 Å². The monoisotopic (exact) mass is 572 g/mol. The average Bonchev–Trinajstić information content (AvgIpc) is 3.30. The van der Waals surface area contributed by atoms with Gasteiger partial charge in [-0.2, -0.15) is 0 Å². The van der Waals surface area contributed by atoms with Crippen LogP contribution in [0.4, 0.5) is 4.79 Å². The van der Waals surface area contributed by atoms with Crippen molar-refractivity contribution in [3.05, 3.63) is 36.1 Å². The third kappa shape index (κ3) is 8.69. The number of nitrogens with zero attached hydrogens (tertiary/aromatic N) is 1. The van der Waals surface area contributed by atoms with E-state index in [9.17, 15) is 24.3 Å².